The number of carbonyl (C=O) groups excluding carboxylic acids is 1. The normalized spacial score (nSPS) is 11.8. The molecule has 0 fully saturated rings. The second-order valence-corrected chi connectivity index (χ2v) is 7.85. The number of phenolic OH excluding ortho intramolecular Hbond substituents is 2. The smallest absolute Gasteiger partial charge is 0.259 e. The van der Waals surface area contributed by atoms with Gasteiger partial charge in [-0.15, -0.1) is 0 Å². The molecule has 5 rings (SSSR count). The summed E-state index contributed by atoms with van der Waals surface area (Å²) in [6.45, 7) is 1.01. The van der Waals surface area contributed by atoms with E-state index in [2.05, 4.69) is 4.98 Å². The fraction of sp³-hybridized carbons (Fsp3) is 0.208. The van der Waals surface area contributed by atoms with Gasteiger partial charge in [0.25, 0.3) is 5.56 Å². The fourth-order valence-corrected chi connectivity index (χ4v) is 4.46. The Balaban J connectivity index is 0.00000274. The quantitative estimate of drug-likeness (QED) is 0.199. The third-order valence-electron chi connectivity index (χ3n) is 6.02. The van der Waals surface area contributed by atoms with Gasteiger partial charge in [-0.25, -0.2) is 4.57 Å². The minimum atomic E-state index is -0.392. The first-order valence-electron chi connectivity index (χ1n) is 10.4. The highest BCUT2D eigenvalue weighted by atomic mass is 79.9. The molecular weight excluding hydrogens is 506 g/mol. The number of ketones is 1. The number of aromatic amines is 1. The van der Waals surface area contributed by atoms with Crippen molar-refractivity contribution in [1.82, 2.24) is 9.55 Å². The Morgan fingerprint density at radius 2 is 1.62 bits per heavy atom. The second-order valence-electron chi connectivity index (χ2n) is 7.85. The van der Waals surface area contributed by atoms with Crippen LogP contribution in [0.15, 0.2) is 47.8 Å². The lowest BCUT2D eigenvalue weighted by molar-refractivity contribution is -0.696. The zero-order valence-corrected chi connectivity index (χ0v) is 20.0. The van der Waals surface area contributed by atoms with Gasteiger partial charge in [0.05, 0.1) is 37.4 Å². The number of methoxy groups -OCH3 is 2. The number of hydrogen-bond acceptors (Lipinski definition) is 6. The van der Waals surface area contributed by atoms with Crippen LogP contribution in [-0.4, -0.2) is 39.8 Å². The van der Waals surface area contributed by atoms with E-state index in [-0.39, 0.29) is 39.6 Å². The first-order valence-corrected chi connectivity index (χ1v) is 10.4. The molecule has 0 aliphatic heterocycles. The summed E-state index contributed by atoms with van der Waals surface area (Å²) in [6, 6.07) is 5.78. The van der Waals surface area contributed by atoms with E-state index >= 15 is 0 Å². The van der Waals surface area contributed by atoms with Crippen LogP contribution in [0.3, 0.4) is 0 Å². The highest BCUT2D eigenvalue weighted by Gasteiger charge is 2.34. The minimum Gasteiger partial charge on any atom is -1.00 e. The van der Waals surface area contributed by atoms with E-state index in [1.807, 2.05) is 23.3 Å². The zero-order valence-electron chi connectivity index (χ0n) is 18.5. The van der Waals surface area contributed by atoms with Gasteiger partial charge in [-0.05, 0) is 24.3 Å². The Kier molecular flexibility index (Phi) is 6.09. The standard InChI is InChI=1S/C24H21N3O6.BrH/c1-32-19-10-13-16(11-20(19)33-2)24(31)27(6-3-5-26-7-4-25-12-26)22-14-8-17(28)18(29)9-15(14)23(30)21(13)22;/h4,7-12H,3,5-6H2,1-2H3,(H2,28,29,30,31);1H. The van der Waals surface area contributed by atoms with E-state index in [0.717, 1.165) is 0 Å². The van der Waals surface area contributed by atoms with Crippen molar-refractivity contribution in [2.24, 2.45) is 0 Å². The molecule has 3 N–H and O–H groups in total. The van der Waals surface area contributed by atoms with Crippen molar-refractivity contribution in [2.45, 2.75) is 19.5 Å². The number of aromatic hydroxyl groups is 2. The van der Waals surface area contributed by atoms with Crippen molar-refractivity contribution in [1.29, 1.82) is 0 Å². The largest absolute Gasteiger partial charge is 1.00 e. The van der Waals surface area contributed by atoms with Crippen LogP contribution in [-0.2, 0) is 13.1 Å². The number of benzene rings is 2. The van der Waals surface area contributed by atoms with Crippen molar-refractivity contribution in [2.75, 3.05) is 14.2 Å². The molecule has 0 unspecified atom stereocenters. The van der Waals surface area contributed by atoms with Gasteiger partial charge in [-0.2, -0.15) is 0 Å². The third kappa shape index (κ3) is 3.50. The monoisotopic (exact) mass is 527 g/mol. The summed E-state index contributed by atoms with van der Waals surface area (Å²) in [5.74, 6) is -0.307. The van der Waals surface area contributed by atoms with Crippen LogP contribution < -0.4 is 36.6 Å². The van der Waals surface area contributed by atoms with Gasteiger partial charge >= 0.3 is 0 Å². The summed E-state index contributed by atoms with van der Waals surface area (Å²) < 4.78 is 14.3. The summed E-state index contributed by atoms with van der Waals surface area (Å²) in [4.78, 5) is 30.1. The molecule has 2 heterocycles. The highest BCUT2D eigenvalue weighted by Crippen LogP contribution is 2.45. The number of pyridine rings is 1. The molecule has 176 valence electrons. The van der Waals surface area contributed by atoms with E-state index in [4.69, 9.17) is 9.47 Å². The summed E-state index contributed by atoms with van der Waals surface area (Å²) in [6.07, 6.45) is 6.15. The van der Waals surface area contributed by atoms with Crippen molar-refractivity contribution in [3.8, 4) is 34.3 Å². The molecule has 9 nitrogen and oxygen atoms in total. The van der Waals surface area contributed by atoms with Crippen LogP contribution >= 0.6 is 0 Å². The van der Waals surface area contributed by atoms with Crippen LogP contribution in [0.1, 0.15) is 22.3 Å². The molecule has 1 aliphatic carbocycles. The summed E-state index contributed by atoms with van der Waals surface area (Å²) in [5, 5.41) is 20.9. The maximum atomic E-state index is 13.6. The number of nitrogens with one attached hydrogen (secondary N) is 1. The summed E-state index contributed by atoms with van der Waals surface area (Å²) in [7, 11) is 2.96. The minimum absolute atomic E-state index is 0. The molecule has 10 heteroatoms. The fourth-order valence-electron chi connectivity index (χ4n) is 4.46. The van der Waals surface area contributed by atoms with Crippen LogP contribution in [0.2, 0.25) is 0 Å². The molecule has 0 spiro atoms. The predicted octanol–water partition coefficient (Wildman–Crippen LogP) is -0.649. The molecule has 34 heavy (non-hydrogen) atoms. The van der Waals surface area contributed by atoms with E-state index in [1.54, 1.807) is 16.7 Å². The van der Waals surface area contributed by atoms with E-state index in [1.165, 1.54) is 26.4 Å². The number of nitrogens with zero attached hydrogens (tertiary/aromatic N) is 2. The number of hydrogen-bond donors (Lipinski definition) is 3. The van der Waals surface area contributed by atoms with Gasteiger partial charge in [-0.1, -0.05) is 0 Å². The Bertz CT molecular complexity index is 1480. The molecule has 0 saturated carbocycles. The third-order valence-corrected chi connectivity index (χ3v) is 6.02. The molecule has 0 bridgehead atoms. The van der Waals surface area contributed by atoms with Crippen molar-refractivity contribution in [3.63, 3.8) is 0 Å². The van der Waals surface area contributed by atoms with Gasteiger partial charge in [-0.3, -0.25) is 14.6 Å². The van der Waals surface area contributed by atoms with Crippen molar-refractivity contribution >= 4 is 16.6 Å². The maximum absolute atomic E-state index is 13.6. The number of halogens is 1. The number of aromatic nitrogens is 3. The van der Waals surface area contributed by atoms with Crippen molar-refractivity contribution < 1.29 is 46.0 Å². The zero-order chi connectivity index (χ0) is 23.3. The number of fused-ring (bicyclic) bond motifs is 5. The lowest BCUT2D eigenvalue weighted by atomic mass is 10.0. The van der Waals surface area contributed by atoms with Gasteiger partial charge in [0.2, 0.25) is 6.33 Å². The predicted molar refractivity (Wildman–Crippen MR) is 119 cm³/mol. The first-order chi connectivity index (χ1) is 15.9. The van der Waals surface area contributed by atoms with Gasteiger partial charge in [0.1, 0.15) is 12.4 Å². The molecule has 0 amide bonds. The molecular formula is C24H22BrN3O6. The van der Waals surface area contributed by atoms with E-state index in [9.17, 15) is 19.8 Å². The van der Waals surface area contributed by atoms with E-state index < -0.39 is 5.75 Å². The average Bonchev–Trinajstić information content (AvgIpc) is 3.42. The molecule has 0 atom stereocenters. The molecule has 4 aromatic rings. The maximum Gasteiger partial charge on any atom is 0.259 e. The number of aryl methyl sites for hydroxylation is 1. The van der Waals surface area contributed by atoms with Crippen LogP contribution in [0.25, 0.3) is 22.0 Å². The highest BCUT2D eigenvalue weighted by molar-refractivity contribution is 6.27. The molecule has 1 aliphatic rings. The topological polar surface area (TPSA) is 118 Å². The number of carbonyl (C=O) groups is 1. The van der Waals surface area contributed by atoms with Crippen LogP contribution in [0, 0.1) is 0 Å². The number of H-pyrrole nitrogens is 1. The lowest BCUT2D eigenvalue weighted by Crippen LogP contribution is -3.00. The SMILES string of the molecule is COc1cc2c3c(n(CCC[n+]4cc[nH]c4)c(=O)c2cc1OC)-c1cc(O)c(O)cc1C3=O.[Br-]. The second kappa shape index (κ2) is 8.86. The number of ether oxygens (including phenoxy) is 2. The van der Waals surface area contributed by atoms with Crippen LogP contribution in [0.5, 0.6) is 23.0 Å². The Morgan fingerprint density at radius 1 is 0.971 bits per heavy atom. The van der Waals surface area contributed by atoms with Crippen molar-refractivity contribution in [3.05, 3.63) is 64.5 Å². The number of rotatable bonds is 6. The summed E-state index contributed by atoms with van der Waals surface area (Å²) >= 11 is 0. The Labute approximate surface area is 204 Å². The first kappa shape index (κ1) is 23.4. The number of imidazole rings is 1. The number of phenols is 2. The van der Waals surface area contributed by atoms with Gasteiger partial charge in [0.15, 0.2) is 28.8 Å². The van der Waals surface area contributed by atoms with Gasteiger partial charge < -0.3 is 41.2 Å². The average molecular weight is 528 g/mol. The van der Waals surface area contributed by atoms with Crippen LogP contribution in [0.4, 0.5) is 0 Å². The summed E-state index contributed by atoms with van der Waals surface area (Å²) in [5.41, 5.74) is 1.12. The van der Waals surface area contributed by atoms with E-state index in [0.29, 0.717) is 58.6 Å². The molecule has 0 saturated heterocycles. The molecule has 2 aromatic heterocycles. The van der Waals surface area contributed by atoms with Gasteiger partial charge in [0, 0.05) is 29.5 Å². The lowest BCUT2D eigenvalue weighted by Gasteiger charge is -2.16. The Morgan fingerprint density at radius 3 is 2.24 bits per heavy atom. The molecule has 0 radical (unpaired) electrons. The Hall–Kier alpha value is -3.79. The molecule has 2 aromatic carbocycles.